The quantitative estimate of drug-likeness (QED) is 0.854. The monoisotopic (exact) mass is 304 g/mol. The normalized spacial score (nSPS) is 10.6. The standard InChI is InChI=1S/C15H16N2O3S/c1-8-4-9(2)6-11(5-8)17-14(20)12(7-13(18)19)10(3)16-15(17)21/h4-6H,7H2,1-3H3,(H,16,21)(H,18,19). The van der Waals surface area contributed by atoms with E-state index in [1.165, 1.54) is 4.57 Å². The lowest BCUT2D eigenvalue weighted by Crippen LogP contribution is -2.27. The second-order valence-corrected chi connectivity index (χ2v) is 5.48. The van der Waals surface area contributed by atoms with Crippen LogP contribution in [0.3, 0.4) is 0 Å². The number of carbonyl (C=O) groups is 1. The van der Waals surface area contributed by atoms with Crippen LogP contribution in [0.1, 0.15) is 22.4 Å². The van der Waals surface area contributed by atoms with E-state index in [1.54, 1.807) is 6.92 Å². The van der Waals surface area contributed by atoms with Crippen molar-refractivity contribution in [1.29, 1.82) is 0 Å². The first kappa shape index (κ1) is 15.2. The van der Waals surface area contributed by atoms with Crippen LogP contribution in [0, 0.1) is 25.5 Å². The highest BCUT2D eigenvalue weighted by Gasteiger charge is 2.14. The number of hydrogen-bond acceptors (Lipinski definition) is 3. The lowest BCUT2D eigenvalue weighted by molar-refractivity contribution is -0.136. The maximum atomic E-state index is 12.6. The molecule has 6 heteroatoms. The zero-order chi connectivity index (χ0) is 15.7. The van der Waals surface area contributed by atoms with E-state index in [-0.39, 0.29) is 22.3 Å². The Morgan fingerprint density at radius 2 is 1.81 bits per heavy atom. The van der Waals surface area contributed by atoms with Gasteiger partial charge in [-0.2, -0.15) is 0 Å². The molecule has 2 N–H and O–H groups in total. The van der Waals surface area contributed by atoms with Crippen LogP contribution in [0.4, 0.5) is 0 Å². The number of carboxylic acids is 1. The number of rotatable bonds is 3. The summed E-state index contributed by atoms with van der Waals surface area (Å²) in [6.45, 7) is 5.52. The topological polar surface area (TPSA) is 75.1 Å². The predicted octanol–water partition coefficient (Wildman–Crippen LogP) is 2.45. The van der Waals surface area contributed by atoms with Gasteiger partial charge in [0, 0.05) is 11.3 Å². The zero-order valence-electron chi connectivity index (χ0n) is 12.1. The van der Waals surface area contributed by atoms with Gasteiger partial charge < -0.3 is 10.1 Å². The molecule has 0 aliphatic heterocycles. The minimum Gasteiger partial charge on any atom is -0.481 e. The van der Waals surface area contributed by atoms with Gasteiger partial charge in [0.15, 0.2) is 4.77 Å². The first-order valence-electron chi connectivity index (χ1n) is 6.45. The van der Waals surface area contributed by atoms with Crippen molar-refractivity contribution in [2.24, 2.45) is 0 Å². The Hall–Kier alpha value is -2.21. The maximum absolute atomic E-state index is 12.6. The Morgan fingerprint density at radius 3 is 2.33 bits per heavy atom. The van der Waals surface area contributed by atoms with E-state index in [9.17, 15) is 9.59 Å². The van der Waals surface area contributed by atoms with Crippen molar-refractivity contribution in [3.8, 4) is 5.69 Å². The number of aliphatic carboxylic acids is 1. The van der Waals surface area contributed by atoms with Crippen LogP contribution in [0.2, 0.25) is 0 Å². The molecule has 110 valence electrons. The lowest BCUT2D eigenvalue weighted by Gasteiger charge is -2.12. The van der Waals surface area contributed by atoms with Crippen LogP contribution in [-0.4, -0.2) is 20.6 Å². The number of aromatic amines is 1. The fourth-order valence-corrected chi connectivity index (χ4v) is 2.69. The SMILES string of the molecule is Cc1cc(C)cc(-n2c(=S)[nH]c(C)c(CC(=O)O)c2=O)c1. The summed E-state index contributed by atoms with van der Waals surface area (Å²) in [4.78, 5) is 26.4. The van der Waals surface area contributed by atoms with Gasteiger partial charge in [-0.3, -0.25) is 14.2 Å². The molecule has 0 bridgehead atoms. The Morgan fingerprint density at radius 1 is 1.24 bits per heavy atom. The van der Waals surface area contributed by atoms with Gasteiger partial charge in [-0.1, -0.05) is 6.07 Å². The molecular weight excluding hydrogens is 288 g/mol. The molecule has 0 fully saturated rings. The number of nitrogens with zero attached hydrogens (tertiary/aromatic N) is 1. The minimum atomic E-state index is -1.05. The first-order chi connectivity index (χ1) is 9.79. The number of carboxylic acid groups (broad SMARTS) is 1. The van der Waals surface area contributed by atoms with E-state index in [2.05, 4.69) is 4.98 Å². The van der Waals surface area contributed by atoms with Gasteiger partial charge in [0.25, 0.3) is 5.56 Å². The molecule has 1 heterocycles. The number of nitrogens with one attached hydrogen (secondary N) is 1. The zero-order valence-corrected chi connectivity index (χ0v) is 12.9. The Labute approximate surface area is 126 Å². The highest BCUT2D eigenvalue weighted by atomic mass is 32.1. The molecule has 0 aliphatic carbocycles. The lowest BCUT2D eigenvalue weighted by atomic mass is 10.1. The van der Waals surface area contributed by atoms with Crippen molar-refractivity contribution in [3.63, 3.8) is 0 Å². The van der Waals surface area contributed by atoms with Crippen LogP contribution in [0.5, 0.6) is 0 Å². The Bertz CT molecular complexity index is 814. The Kier molecular flexibility index (Phi) is 4.09. The third-order valence-electron chi connectivity index (χ3n) is 3.20. The molecular formula is C15H16N2O3S. The first-order valence-corrected chi connectivity index (χ1v) is 6.85. The van der Waals surface area contributed by atoms with Gasteiger partial charge in [0.05, 0.1) is 12.1 Å². The molecule has 2 aromatic rings. The highest BCUT2D eigenvalue weighted by Crippen LogP contribution is 2.13. The van der Waals surface area contributed by atoms with E-state index in [1.807, 2.05) is 32.0 Å². The van der Waals surface area contributed by atoms with Crippen LogP contribution in [-0.2, 0) is 11.2 Å². The second kappa shape index (κ2) is 5.65. The molecule has 5 nitrogen and oxygen atoms in total. The van der Waals surface area contributed by atoms with Crippen molar-refractivity contribution < 1.29 is 9.90 Å². The van der Waals surface area contributed by atoms with E-state index in [4.69, 9.17) is 17.3 Å². The maximum Gasteiger partial charge on any atom is 0.308 e. The summed E-state index contributed by atoms with van der Waals surface area (Å²) in [6.07, 6.45) is -0.332. The molecule has 0 atom stereocenters. The van der Waals surface area contributed by atoms with Crippen molar-refractivity contribution in [3.05, 3.63) is 55.7 Å². The summed E-state index contributed by atoms with van der Waals surface area (Å²) in [5, 5.41) is 8.95. The molecule has 0 saturated heterocycles. The fourth-order valence-electron chi connectivity index (χ4n) is 2.35. The number of aromatic nitrogens is 2. The summed E-state index contributed by atoms with van der Waals surface area (Å²) in [6, 6.07) is 5.68. The van der Waals surface area contributed by atoms with Crippen molar-refractivity contribution >= 4 is 18.2 Å². The fraction of sp³-hybridized carbons (Fsp3) is 0.267. The largest absolute Gasteiger partial charge is 0.481 e. The molecule has 0 unspecified atom stereocenters. The number of aryl methyl sites for hydroxylation is 3. The number of hydrogen-bond donors (Lipinski definition) is 2. The predicted molar refractivity (Wildman–Crippen MR) is 82.8 cm³/mol. The molecule has 2 rings (SSSR count). The average molecular weight is 304 g/mol. The van der Waals surface area contributed by atoms with Gasteiger partial charge in [-0.25, -0.2) is 0 Å². The van der Waals surface area contributed by atoms with E-state index < -0.39 is 5.97 Å². The van der Waals surface area contributed by atoms with Crippen molar-refractivity contribution in [2.75, 3.05) is 0 Å². The van der Waals surface area contributed by atoms with Gasteiger partial charge in [-0.15, -0.1) is 0 Å². The van der Waals surface area contributed by atoms with E-state index in [0.29, 0.717) is 11.4 Å². The van der Waals surface area contributed by atoms with Crippen molar-refractivity contribution in [1.82, 2.24) is 9.55 Å². The number of benzene rings is 1. The Balaban J connectivity index is 2.77. The summed E-state index contributed by atoms with van der Waals surface area (Å²) >= 11 is 5.23. The van der Waals surface area contributed by atoms with Gasteiger partial charge in [0.2, 0.25) is 0 Å². The highest BCUT2D eigenvalue weighted by molar-refractivity contribution is 7.71. The molecule has 21 heavy (non-hydrogen) atoms. The minimum absolute atomic E-state index is 0.218. The molecule has 1 aromatic heterocycles. The molecule has 0 aliphatic rings. The van der Waals surface area contributed by atoms with Crippen LogP contribution >= 0.6 is 12.2 Å². The molecule has 0 amide bonds. The summed E-state index contributed by atoms with van der Waals surface area (Å²) in [7, 11) is 0. The second-order valence-electron chi connectivity index (χ2n) is 5.09. The van der Waals surface area contributed by atoms with Crippen LogP contribution in [0.15, 0.2) is 23.0 Å². The molecule has 1 aromatic carbocycles. The van der Waals surface area contributed by atoms with E-state index >= 15 is 0 Å². The third kappa shape index (κ3) is 3.11. The molecule has 0 radical (unpaired) electrons. The van der Waals surface area contributed by atoms with Gasteiger partial charge >= 0.3 is 5.97 Å². The van der Waals surface area contributed by atoms with Crippen LogP contribution in [0.25, 0.3) is 5.69 Å². The average Bonchev–Trinajstić information content (AvgIpc) is 2.32. The summed E-state index contributed by atoms with van der Waals surface area (Å²) in [5.41, 5.74) is 2.98. The van der Waals surface area contributed by atoms with Gasteiger partial charge in [0.1, 0.15) is 0 Å². The van der Waals surface area contributed by atoms with E-state index in [0.717, 1.165) is 11.1 Å². The van der Waals surface area contributed by atoms with Crippen LogP contribution < -0.4 is 5.56 Å². The smallest absolute Gasteiger partial charge is 0.308 e. The molecule has 0 saturated carbocycles. The van der Waals surface area contributed by atoms with Crippen molar-refractivity contribution in [2.45, 2.75) is 27.2 Å². The third-order valence-corrected chi connectivity index (χ3v) is 3.49. The van der Waals surface area contributed by atoms with Gasteiger partial charge in [-0.05, 0) is 56.2 Å². The molecule has 0 spiro atoms. The summed E-state index contributed by atoms with van der Waals surface area (Å²) < 4.78 is 1.61. The number of H-pyrrole nitrogens is 1. The summed E-state index contributed by atoms with van der Waals surface area (Å²) in [5.74, 6) is -1.05.